The number of anilines is 4. The van der Waals surface area contributed by atoms with E-state index < -0.39 is 207 Å². The third kappa shape index (κ3) is 25.9. The van der Waals surface area contributed by atoms with Crippen LogP contribution in [0, 0.1) is 5.92 Å². The molecule has 0 aliphatic carbocycles. The van der Waals surface area contributed by atoms with Crippen LogP contribution in [0.5, 0.6) is 0 Å². The fourth-order valence-electron chi connectivity index (χ4n) is 14.3. The second-order valence-electron chi connectivity index (χ2n) is 39.6. The molecule has 6 fully saturated rings. The van der Waals surface area contributed by atoms with Crippen LogP contribution in [0.3, 0.4) is 0 Å². The van der Waals surface area contributed by atoms with Gasteiger partial charge in [-0.2, -0.15) is 9.97 Å². The van der Waals surface area contributed by atoms with Crippen LogP contribution in [0.2, 0.25) is 72.5 Å². The summed E-state index contributed by atoms with van der Waals surface area (Å²) in [4.78, 5) is 137. The lowest BCUT2D eigenvalue weighted by molar-refractivity contribution is -0.119. The number of carbonyl (C=O) groups excluding carboxylic acids is 2. The van der Waals surface area contributed by atoms with Gasteiger partial charge in [-0.25, -0.2) is 44.4 Å². The fourth-order valence-corrected chi connectivity index (χ4v) is 25.2. The summed E-state index contributed by atoms with van der Waals surface area (Å²) in [6.45, 7) is 27.1. The van der Waals surface area contributed by atoms with Crippen molar-refractivity contribution in [2.75, 3.05) is 62.2 Å². The highest BCUT2D eigenvalue weighted by Gasteiger charge is 2.61. The van der Waals surface area contributed by atoms with Gasteiger partial charge in [0.25, 0.3) is 17.0 Å². The van der Waals surface area contributed by atoms with E-state index in [1.165, 1.54) is 54.1 Å². The quantitative estimate of drug-likeness (QED) is 0.0243. The van der Waals surface area contributed by atoms with Crippen molar-refractivity contribution >= 4 is 210 Å². The summed E-state index contributed by atoms with van der Waals surface area (Å²) in [5, 5.41) is 11.7. The molecule has 5 radical (unpaired) electrons. The van der Waals surface area contributed by atoms with Crippen molar-refractivity contribution in [2.45, 2.75) is 275 Å². The average molecular weight is 2150 g/mol. The molecule has 139 heavy (non-hydrogen) atoms. The summed E-state index contributed by atoms with van der Waals surface area (Å²) in [5.74, 6) is -1.31. The van der Waals surface area contributed by atoms with Crippen LogP contribution in [0.15, 0.2) is 77.9 Å². The molecule has 14 N–H and O–H groups in total. The monoisotopic (exact) mass is 2150 g/mol. The van der Waals surface area contributed by atoms with Crippen molar-refractivity contribution in [1.82, 2.24) is 78.1 Å². The molecule has 9 aromatic rings. The predicted octanol–water partition coefficient (Wildman–Crippen LogP) is 9.84. The van der Waals surface area contributed by atoms with E-state index in [1.807, 2.05) is 73.1 Å². The molecule has 8 unspecified atom stereocenters. The first-order chi connectivity index (χ1) is 64.5. The van der Waals surface area contributed by atoms with E-state index in [0.717, 1.165) is 7.06 Å². The van der Waals surface area contributed by atoms with Crippen molar-refractivity contribution in [3.8, 4) is 0 Å². The number of benzene rings is 1. The largest absolute Gasteiger partial charge is 0.408 e. The van der Waals surface area contributed by atoms with Crippen LogP contribution < -0.4 is 39.0 Å². The predicted molar refractivity (Wildman–Crippen MR) is 547 cm³/mol. The number of rotatable bonds is 16. The molecule has 0 spiro atoms. The van der Waals surface area contributed by atoms with Crippen LogP contribution in [0.25, 0.3) is 44.7 Å². The summed E-state index contributed by atoms with van der Waals surface area (Å²) in [6.07, 6.45) is -10.1. The standard InChI is InChI=1S/C43H62N10O13P2S2Si2.C32H52N10O11P2S2Si2.C2H6O.CH5N.B3/c1-23(2)36(54)50-41-49-35-28(38(56)51-41)47-22-53(35)40-32-30(66-72(11,12)43(6,7)8)26(62-40)19-60-67(57,69)63-31-29(65-71(9,10)42(3,4)5)25(18-59-68(58,70)64-32)61-39(31)52-21-46-27-33(44-20-45-34(27)52)48-37(55)24-16-14-13-15-17-24;1-31(2,3)58(7,8)52-20-16-11-46-55(45,57)51-23-21(53-59(9,10)32(4,5)6)17(49-29(23)42-15-38-19-26(42)39-30(34)40-27(19)43)12-47-54(44,56)50-22(20)28(48-16)41-14-37-18-24(33)35-13-36-25(18)41;1-2-3;1-2;1-3-2/h13-17,20-23,25-26,29-32,39-40H,18-19H2,1-12H3,(H,57,69)(H,58,70)(H,44,45,48,55)(H2,49,50,51,54,56);13-17,20-23,28-29H,11-12H2,1-10H3,(H,44,56)(H,45,57)(H2,33,35,36)(H3,34,39,40,43);3H,2H2,1H3;2H2,1H3;/t25-,26-,29?,30?,31+,32+,39-,40-,67?,68?;16-,17-,20?,21?,22+,23+,28-,29-,54?,55?;;;/m11.../s1. The van der Waals surface area contributed by atoms with E-state index in [1.54, 1.807) is 60.2 Å². The number of aromatic amines is 2. The molecule has 61 heteroatoms. The first-order valence-corrected chi connectivity index (χ1v) is 66.4. The molecule has 6 aliphatic rings. The van der Waals surface area contributed by atoms with Gasteiger partial charge in [0.1, 0.15) is 91.4 Å². The van der Waals surface area contributed by atoms with Crippen molar-refractivity contribution in [3.63, 3.8) is 0 Å². The molecule has 0 saturated carbocycles. The van der Waals surface area contributed by atoms with Crippen LogP contribution in [-0.2, 0) is 118 Å². The number of fused-ring (bicyclic) bond motifs is 12. The molecule has 8 bridgehead atoms. The lowest BCUT2D eigenvalue weighted by Crippen LogP contribution is -2.51. The highest BCUT2D eigenvalue weighted by molar-refractivity contribution is 8.44. The number of thiol groups is 1. The maximum absolute atomic E-state index is 14.6. The minimum Gasteiger partial charge on any atom is -0.408 e. The van der Waals surface area contributed by atoms with Gasteiger partial charge in [0.05, 0.1) is 51.7 Å². The zero-order chi connectivity index (χ0) is 103. The SMILES string of the molecule is CC(C)(C)[Si](C)(C)OC1[C@H]2COP(O)(=S)O[C@H]3C(O[Si](C)(C)C(C)(C)C)[C@@H](COP(=O)(S)O[C@@H]1[C@H](n1cnc4c(N)ncnc41)O2)O[C@H]3n1cnc2c(=O)[nH]c(N)nc21.CC(C)C(=O)Nc1nc2c(ncn2[C@@H]2O[C@@H]3COP(O)(=S)O[C@H]4C(O[Si](C)(C)C(C)(C)C)[C@@H](COP(O)(=S)O[C@H]2C3O[Si](C)(C)C(C)(C)C)O[C@H]4n2cnc3c(NC(=O)c4ccccc4)ncnc32)c(=O)[nH]1.CCO.CN.[B][B][B]. The summed E-state index contributed by atoms with van der Waals surface area (Å²) in [7, 11) is 0.595. The maximum Gasteiger partial charge on any atom is 0.386 e. The van der Waals surface area contributed by atoms with E-state index in [2.05, 4.69) is 166 Å². The molecule has 6 aliphatic heterocycles. The minimum atomic E-state index is -4.37. The van der Waals surface area contributed by atoms with Crippen LogP contribution in [-0.4, -0.2) is 279 Å². The third-order valence-corrected chi connectivity index (χ3v) is 49.7. The molecule has 6 saturated heterocycles. The molecule has 8 aromatic heterocycles. The molecule has 20 atom stereocenters. The second kappa shape index (κ2) is 44.2. The smallest absolute Gasteiger partial charge is 0.386 e. The van der Waals surface area contributed by atoms with E-state index in [4.69, 9.17) is 125 Å². The summed E-state index contributed by atoms with van der Waals surface area (Å²) in [5.41, 5.74) is 16.7. The number of H-pyrrole nitrogens is 2. The Hall–Kier alpha value is -5.69. The number of nitrogens with zero attached hydrogens (tertiary/aromatic N) is 14. The number of ether oxygens (including phenoxy) is 4. The Bertz CT molecular complexity index is 6180. The molecule has 1 aromatic carbocycles. The number of aliphatic hydroxyl groups is 1. The summed E-state index contributed by atoms with van der Waals surface area (Å²) < 4.78 is 126. The highest BCUT2D eigenvalue weighted by atomic mass is 32.7. The van der Waals surface area contributed by atoms with Gasteiger partial charge < -0.3 is 92.5 Å². The number of nitrogens with one attached hydrogen (secondary N) is 4. The molecule has 14 heterocycles. The lowest BCUT2D eigenvalue weighted by Gasteiger charge is -2.41. The Balaban J connectivity index is 0.000000252. The van der Waals surface area contributed by atoms with Gasteiger partial charge in [0, 0.05) is 40.6 Å². The van der Waals surface area contributed by atoms with E-state index >= 15 is 0 Å². The fraction of sp³-hybridized carbons (Fsp3) is 0.641. The second-order valence-corrected chi connectivity index (χ2v) is 69.9. The Labute approximate surface area is 832 Å². The van der Waals surface area contributed by atoms with Gasteiger partial charge in [0.2, 0.25) is 17.8 Å². The molecule has 46 nitrogen and oxygen atoms in total. The number of aliphatic hydroxyl groups excluding tert-OH is 1. The Morgan fingerprint density at radius 1 is 0.525 bits per heavy atom. The van der Waals surface area contributed by atoms with Crippen LogP contribution >= 0.6 is 39.2 Å². The van der Waals surface area contributed by atoms with Crippen molar-refractivity contribution in [3.05, 3.63) is 94.6 Å². The maximum atomic E-state index is 14.6. The number of nitrogens with two attached hydrogens (primary N) is 3. The lowest BCUT2D eigenvalue weighted by atomic mass is 9.40. The van der Waals surface area contributed by atoms with Crippen molar-refractivity contribution in [2.24, 2.45) is 11.7 Å². The van der Waals surface area contributed by atoms with Gasteiger partial charge >= 0.3 is 27.0 Å². The number of nitrogen functional groups attached to an aromatic ring is 2. The number of imidazole rings is 4. The van der Waals surface area contributed by atoms with E-state index in [9.17, 15) is 38.4 Å². The molecule has 15 rings (SSSR count). The Kier molecular flexibility index (Phi) is 36.1. The molecular weight excluding hydrogens is 2030 g/mol. The number of aromatic nitrogens is 16. The average Bonchev–Trinajstić information content (AvgIpc) is 1.60. The Morgan fingerprint density at radius 2 is 0.849 bits per heavy atom. The zero-order valence-corrected chi connectivity index (χ0v) is 92.7. The van der Waals surface area contributed by atoms with Crippen LogP contribution in [0.1, 0.15) is 139 Å². The van der Waals surface area contributed by atoms with Gasteiger partial charge in [0.15, 0.2) is 109 Å². The minimum absolute atomic E-state index is 0.00454. The summed E-state index contributed by atoms with van der Waals surface area (Å²) >= 11 is 21.9. The number of amides is 2. The normalized spacial score (nSPS) is 29.1. The van der Waals surface area contributed by atoms with E-state index in [-0.39, 0.29) is 90.4 Å². The number of carbonyl (C=O) groups is 2. The first kappa shape index (κ1) is 114. The highest BCUT2D eigenvalue weighted by Crippen LogP contribution is 2.62. The molecule has 761 valence electrons. The number of hydrogen-bond acceptors (Lipinski definition) is 38. The summed E-state index contributed by atoms with van der Waals surface area (Å²) in [6, 6.07) is 8.61. The molecule has 2 amide bonds. The number of hydrogen-bond donors (Lipinski definition) is 12. The van der Waals surface area contributed by atoms with Gasteiger partial charge in [-0.3, -0.25) is 75.4 Å². The van der Waals surface area contributed by atoms with Crippen molar-refractivity contribution < 1.29 is 107 Å². The third-order valence-electron chi connectivity index (χ3n) is 25.5. The first-order valence-electron chi connectivity index (χ1n) is 44.3. The molecular formula is C78H125B3N21O25P4S4Si4. The van der Waals surface area contributed by atoms with E-state index in [0.29, 0.717) is 16.7 Å². The zero-order valence-electron chi connectivity index (χ0n) is 81.7. The van der Waals surface area contributed by atoms with Gasteiger partial charge in [-0.05, 0) is 134 Å². The van der Waals surface area contributed by atoms with Gasteiger partial charge in [-0.1, -0.05) is 127 Å². The van der Waals surface area contributed by atoms with Crippen LogP contribution in [0.4, 0.5) is 23.5 Å². The topological polar surface area (TPSA) is 596 Å². The Morgan fingerprint density at radius 3 is 1.22 bits per heavy atom. The van der Waals surface area contributed by atoms with Gasteiger partial charge in [-0.15, -0.1) is 0 Å². The van der Waals surface area contributed by atoms with Crippen molar-refractivity contribution in [1.29, 1.82) is 0 Å².